The fourth-order valence-corrected chi connectivity index (χ4v) is 5.14. The first-order valence-corrected chi connectivity index (χ1v) is 11.7. The predicted molar refractivity (Wildman–Crippen MR) is 129 cm³/mol. The third-order valence-electron chi connectivity index (χ3n) is 6.90. The highest BCUT2D eigenvalue weighted by molar-refractivity contribution is 6.51. The second-order valence-corrected chi connectivity index (χ2v) is 8.98. The molecule has 35 heavy (non-hydrogen) atoms. The molecule has 1 saturated heterocycles. The van der Waals surface area contributed by atoms with Gasteiger partial charge in [-0.25, -0.2) is 0 Å². The molecule has 3 N–H and O–H groups in total. The number of aliphatic hydroxyl groups is 1. The largest absolute Gasteiger partial charge is 0.507 e. The van der Waals surface area contributed by atoms with Gasteiger partial charge in [0, 0.05) is 28.4 Å². The van der Waals surface area contributed by atoms with E-state index in [4.69, 9.17) is 10.3 Å². The molecule has 8 heteroatoms. The van der Waals surface area contributed by atoms with E-state index in [1.54, 1.807) is 18.2 Å². The van der Waals surface area contributed by atoms with Crippen molar-refractivity contribution in [1.29, 1.82) is 0 Å². The average molecular weight is 472 g/mol. The Hall–Kier alpha value is -4.20. The summed E-state index contributed by atoms with van der Waals surface area (Å²) in [5.41, 5.74) is 8.14. The fraction of sp³-hybridized carbons (Fsp3) is 0.259. The molecule has 5 rings (SSSR count). The second-order valence-electron chi connectivity index (χ2n) is 8.98. The molecule has 2 amide bonds. The number of aliphatic hydroxyl groups excluding tert-OH is 1. The summed E-state index contributed by atoms with van der Waals surface area (Å²) in [6.07, 6.45) is 6.32. The predicted octanol–water partition coefficient (Wildman–Crippen LogP) is 4.27. The van der Waals surface area contributed by atoms with Crippen LogP contribution in [0.1, 0.15) is 48.0 Å². The lowest BCUT2D eigenvalue weighted by atomic mass is 9.80. The lowest BCUT2D eigenvalue weighted by molar-refractivity contribution is -0.132. The number of nitrogens with zero attached hydrogens (tertiary/aromatic N) is 2. The van der Waals surface area contributed by atoms with Gasteiger partial charge in [0.25, 0.3) is 11.7 Å². The number of Topliss-reactive ketones (excluding diaryl/α,β-unsaturated/α-hetero) is 1. The van der Waals surface area contributed by atoms with Crippen LogP contribution in [0.3, 0.4) is 0 Å². The number of nitrogens with two attached hydrogens (primary N) is 1. The monoisotopic (exact) mass is 471 g/mol. The molecule has 0 bridgehead atoms. The van der Waals surface area contributed by atoms with Crippen LogP contribution in [0, 0.1) is 5.92 Å². The Morgan fingerprint density at radius 1 is 0.943 bits per heavy atom. The number of amides is 2. The molecule has 1 aromatic heterocycles. The van der Waals surface area contributed by atoms with Crippen LogP contribution in [0.4, 0.5) is 5.69 Å². The zero-order valence-electron chi connectivity index (χ0n) is 19.0. The van der Waals surface area contributed by atoms with Crippen molar-refractivity contribution in [2.45, 2.75) is 38.1 Å². The van der Waals surface area contributed by atoms with Gasteiger partial charge in [0.05, 0.1) is 11.6 Å². The summed E-state index contributed by atoms with van der Waals surface area (Å²) in [4.78, 5) is 39.5. The van der Waals surface area contributed by atoms with Crippen LogP contribution in [0.2, 0.25) is 0 Å². The minimum absolute atomic E-state index is 0.0383. The molecular weight excluding hydrogens is 446 g/mol. The molecule has 178 valence electrons. The lowest BCUT2D eigenvalue weighted by Gasteiger charge is -2.34. The van der Waals surface area contributed by atoms with E-state index in [0.717, 1.165) is 37.7 Å². The van der Waals surface area contributed by atoms with Crippen LogP contribution in [0.25, 0.3) is 17.0 Å². The van der Waals surface area contributed by atoms with E-state index in [9.17, 15) is 19.5 Å². The molecular formula is C27H25N3O5. The minimum Gasteiger partial charge on any atom is -0.507 e. The number of aromatic nitrogens is 1. The fourth-order valence-electron chi connectivity index (χ4n) is 5.14. The summed E-state index contributed by atoms with van der Waals surface area (Å²) in [6, 6.07) is 14.4. The number of ketones is 1. The Bertz CT molecular complexity index is 1290. The number of rotatable bonds is 5. The molecule has 2 heterocycles. The summed E-state index contributed by atoms with van der Waals surface area (Å²) in [7, 11) is 0. The number of carbonyl (C=O) groups excluding carboxylic acids is 3. The van der Waals surface area contributed by atoms with Crippen molar-refractivity contribution in [3.8, 4) is 11.3 Å². The quantitative estimate of drug-likeness (QED) is 0.325. The first kappa shape index (κ1) is 22.6. The molecule has 2 fully saturated rings. The molecule has 2 aromatic carbocycles. The first-order chi connectivity index (χ1) is 17.0. The maximum absolute atomic E-state index is 13.3. The van der Waals surface area contributed by atoms with E-state index in [1.165, 1.54) is 35.4 Å². The van der Waals surface area contributed by atoms with E-state index >= 15 is 0 Å². The Morgan fingerprint density at radius 2 is 1.60 bits per heavy atom. The van der Waals surface area contributed by atoms with E-state index < -0.39 is 23.6 Å². The zero-order chi connectivity index (χ0) is 24.5. The second kappa shape index (κ2) is 9.21. The molecule has 2 aliphatic rings. The molecule has 0 spiro atoms. The number of carbonyl (C=O) groups is 3. The van der Waals surface area contributed by atoms with Crippen molar-refractivity contribution in [1.82, 2.24) is 5.16 Å². The summed E-state index contributed by atoms with van der Waals surface area (Å²) in [5.74, 6) is -2.16. The van der Waals surface area contributed by atoms with Gasteiger partial charge >= 0.3 is 0 Å². The Kier molecular flexibility index (Phi) is 5.94. The highest BCUT2D eigenvalue weighted by Crippen LogP contribution is 2.41. The summed E-state index contributed by atoms with van der Waals surface area (Å²) in [5, 5.41) is 15.2. The zero-order valence-corrected chi connectivity index (χ0v) is 19.0. The van der Waals surface area contributed by atoms with E-state index in [2.05, 4.69) is 5.16 Å². The van der Waals surface area contributed by atoms with Crippen molar-refractivity contribution in [2.75, 3.05) is 4.90 Å². The van der Waals surface area contributed by atoms with Crippen molar-refractivity contribution in [3.63, 3.8) is 0 Å². The Balaban J connectivity index is 1.58. The summed E-state index contributed by atoms with van der Waals surface area (Å²) >= 11 is 0. The molecule has 1 unspecified atom stereocenters. The van der Waals surface area contributed by atoms with Gasteiger partial charge in [-0.05, 0) is 43.0 Å². The molecule has 1 aliphatic carbocycles. The van der Waals surface area contributed by atoms with Gasteiger partial charge in [-0.15, -0.1) is 0 Å². The van der Waals surface area contributed by atoms with Gasteiger partial charge < -0.3 is 15.4 Å². The number of anilines is 1. The minimum atomic E-state index is -0.711. The van der Waals surface area contributed by atoms with Gasteiger partial charge in [-0.3, -0.25) is 19.3 Å². The standard InChI is InChI=1S/C27H25N3O5/c28-26(33)19-8-6-18(7-9-19)24(31)22-23(17-4-2-1-3-5-17)30(27(34)25(22)32)20-12-10-16(11-13-20)21-14-15-35-29-21/h6-15,17,23,31H,1-5H2,(H2,28,33). The Labute approximate surface area is 202 Å². The molecule has 0 radical (unpaired) electrons. The third-order valence-corrected chi connectivity index (χ3v) is 6.90. The van der Waals surface area contributed by atoms with Crippen molar-refractivity contribution in [2.24, 2.45) is 11.7 Å². The van der Waals surface area contributed by atoms with E-state index in [-0.39, 0.29) is 22.8 Å². The van der Waals surface area contributed by atoms with Gasteiger partial charge in [0.2, 0.25) is 5.91 Å². The van der Waals surface area contributed by atoms with Gasteiger partial charge in [-0.2, -0.15) is 0 Å². The number of hydrogen-bond acceptors (Lipinski definition) is 6. The molecule has 1 saturated carbocycles. The van der Waals surface area contributed by atoms with Crippen LogP contribution in [0.5, 0.6) is 0 Å². The summed E-state index contributed by atoms with van der Waals surface area (Å²) in [6.45, 7) is 0. The molecule has 8 nitrogen and oxygen atoms in total. The van der Waals surface area contributed by atoms with Gasteiger partial charge in [-0.1, -0.05) is 48.7 Å². The Morgan fingerprint density at radius 3 is 2.20 bits per heavy atom. The SMILES string of the molecule is NC(=O)c1ccc(C(O)=C2C(=O)C(=O)N(c3ccc(-c4ccon4)cc3)C2C2CCCCC2)cc1. The summed E-state index contributed by atoms with van der Waals surface area (Å²) < 4.78 is 4.91. The maximum atomic E-state index is 13.3. The topological polar surface area (TPSA) is 127 Å². The average Bonchev–Trinajstić information content (AvgIpc) is 3.52. The normalized spacial score (nSPS) is 20.3. The number of primary amides is 1. The molecule has 1 atom stereocenters. The van der Waals surface area contributed by atoms with Gasteiger partial charge in [0.15, 0.2) is 0 Å². The maximum Gasteiger partial charge on any atom is 0.299 e. The van der Waals surface area contributed by atoms with Crippen LogP contribution in [0.15, 0.2) is 71.0 Å². The number of benzene rings is 2. The van der Waals surface area contributed by atoms with Crippen LogP contribution >= 0.6 is 0 Å². The first-order valence-electron chi connectivity index (χ1n) is 11.7. The molecule has 3 aromatic rings. The van der Waals surface area contributed by atoms with E-state index in [1.807, 2.05) is 12.1 Å². The van der Waals surface area contributed by atoms with Gasteiger partial charge in [0.1, 0.15) is 17.7 Å². The van der Waals surface area contributed by atoms with Crippen molar-refractivity contribution in [3.05, 3.63) is 77.6 Å². The lowest BCUT2D eigenvalue weighted by Crippen LogP contribution is -2.40. The highest BCUT2D eigenvalue weighted by Gasteiger charge is 2.49. The van der Waals surface area contributed by atoms with Crippen LogP contribution < -0.4 is 10.6 Å². The third kappa shape index (κ3) is 4.12. The van der Waals surface area contributed by atoms with Crippen molar-refractivity contribution < 1.29 is 24.0 Å². The van der Waals surface area contributed by atoms with Crippen molar-refractivity contribution >= 4 is 29.0 Å². The van der Waals surface area contributed by atoms with E-state index in [0.29, 0.717) is 16.9 Å². The van der Waals surface area contributed by atoms with Crippen LogP contribution in [-0.4, -0.2) is 33.9 Å². The van der Waals surface area contributed by atoms with Crippen LogP contribution in [-0.2, 0) is 9.59 Å². The molecule has 1 aliphatic heterocycles. The smallest absolute Gasteiger partial charge is 0.299 e. The highest BCUT2D eigenvalue weighted by atomic mass is 16.5. The number of hydrogen-bond donors (Lipinski definition) is 2.